The molecule has 0 aliphatic carbocycles. The number of H-pyrrole nitrogens is 2. The van der Waals surface area contributed by atoms with Crippen molar-refractivity contribution in [1.82, 2.24) is 25.1 Å². The van der Waals surface area contributed by atoms with Crippen LogP contribution in [-0.4, -0.2) is 44.8 Å². The normalized spacial score (nSPS) is 11.9. The van der Waals surface area contributed by atoms with E-state index in [2.05, 4.69) is 54.3 Å². The van der Waals surface area contributed by atoms with Gasteiger partial charge in [0.25, 0.3) is 0 Å². The number of nitrogens with one attached hydrogen (secondary N) is 3. The van der Waals surface area contributed by atoms with Crippen molar-refractivity contribution in [3.05, 3.63) is 66.9 Å². The lowest BCUT2D eigenvalue weighted by molar-refractivity contribution is -0.116. The zero-order valence-corrected chi connectivity index (χ0v) is 21.9. The number of nitrogens with zero attached hydrogens (tertiary/aromatic N) is 5. The van der Waals surface area contributed by atoms with Crippen LogP contribution in [0.5, 0.6) is 0 Å². The lowest BCUT2D eigenvalue weighted by atomic mass is 10.0. The Labute approximate surface area is 220 Å². The standard InChI is InChI=1S/C29H30N8O/c1-17(2)10-27(38)33-21-11-20(14-31-15-21)19-6-7-25-22(12-19)28(36-35-25)26-13-23-24(34-26)8-9-32-29(23)37(5)16-18(3)30-4/h6-9,11-17,34H,4,10H2,1-3,5H3,(H,33,38)(H,35,36)/b18-16-. The van der Waals surface area contributed by atoms with Crippen LogP contribution in [0.2, 0.25) is 0 Å². The smallest absolute Gasteiger partial charge is 0.224 e. The van der Waals surface area contributed by atoms with Gasteiger partial charge >= 0.3 is 0 Å². The van der Waals surface area contributed by atoms with Crippen LogP contribution in [0.15, 0.2) is 71.9 Å². The average Bonchev–Trinajstić information content (AvgIpc) is 3.51. The molecule has 0 saturated carbocycles. The second-order valence-corrected chi connectivity index (χ2v) is 9.76. The first kappa shape index (κ1) is 24.9. The molecule has 4 heterocycles. The fraction of sp³-hybridized carbons (Fsp3) is 0.207. The third-order valence-electron chi connectivity index (χ3n) is 6.26. The van der Waals surface area contributed by atoms with Gasteiger partial charge in [-0.3, -0.25) is 19.9 Å². The van der Waals surface area contributed by atoms with Crippen molar-refractivity contribution in [1.29, 1.82) is 0 Å². The topological polar surface area (TPSA) is 115 Å². The summed E-state index contributed by atoms with van der Waals surface area (Å²) in [7, 11) is 1.94. The molecule has 0 radical (unpaired) electrons. The lowest BCUT2D eigenvalue weighted by Gasteiger charge is -2.14. The molecule has 5 aromatic rings. The van der Waals surface area contributed by atoms with Gasteiger partial charge < -0.3 is 15.2 Å². The largest absolute Gasteiger partial charge is 0.353 e. The van der Waals surface area contributed by atoms with Gasteiger partial charge in [-0.1, -0.05) is 19.9 Å². The Balaban J connectivity index is 1.51. The van der Waals surface area contributed by atoms with Crippen molar-refractivity contribution in [2.75, 3.05) is 17.3 Å². The highest BCUT2D eigenvalue weighted by molar-refractivity contribution is 6.00. The van der Waals surface area contributed by atoms with E-state index in [1.807, 2.05) is 63.2 Å². The van der Waals surface area contributed by atoms with E-state index >= 15 is 0 Å². The molecule has 0 unspecified atom stereocenters. The van der Waals surface area contributed by atoms with Crippen LogP contribution in [0.4, 0.5) is 11.5 Å². The molecule has 1 amide bonds. The van der Waals surface area contributed by atoms with Gasteiger partial charge in [0.1, 0.15) is 11.5 Å². The van der Waals surface area contributed by atoms with E-state index in [0.717, 1.165) is 55.8 Å². The van der Waals surface area contributed by atoms with Crippen molar-refractivity contribution in [2.45, 2.75) is 27.2 Å². The molecule has 0 atom stereocenters. The summed E-state index contributed by atoms with van der Waals surface area (Å²) < 4.78 is 0. The summed E-state index contributed by atoms with van der Waals surface area (Å²) in [5.74, 6) is 1.07. The first-order chi connectivity index (χ1) is 18.3. The Morgan fingerprint density at radius 2 is 1.97 bits per heavy atom. The fourth-order valence-corrected chi connectivity index (χ4v) is 4.48. The van der Waals surface area contributed by atoms with Crippen molar-refractivity contribution >= 4 is 45.9 Å². The molecule has 9 nitrogen and oxygen atoms in total. The Morgan fingerprint density at radius 3 is 2.76 bits per heavy atom. The van der Waals surface area contributed by atoms with E-state index in [1.54, 1.807) is 18.6 Å². The SMILES string of the molecule is C=N/C(C)=C\N(C)c1nccc2[nH]c(-c3n[nH]c4ccc(-c5cncc(NC(=O)CC(C)C)c5)cc34)cc12. The number of aliphatic imine (C=N–C) groups is 1. The van der Waals surface area contributed by atoms with E-state index < -0.39 is 0 Å². The summed E-state index contributed by atoms with van der Waals surface area (Å²) in [5, 5.41) is 12.6. The summed E-state index contributed by atoms with van der Waals surface area (Å²) in [4.78, 5) is 30.6. The van der Waals surface area contributed by atoms with Gasteiger partial charge in [0, 0.05) is 48.4 Å². The Hall–Kier alpha value is -4.79. The van der Waals surface area contributed by atoms with Gasteiger partial charge in [0.15, 0.2) is 0 Å². The predicted octanol–water partition coefficient (Wildman–Crippen LogP) is 6.15. The third kappa shape index (κ3) is 5.04. The highest BCUT2D eigenvalue weighted by atomic mass is 16.1. The Morgan fingerprint density at radius 1 is 1.13 bits per heavy atom. The maximum Gasteiger partial charge on any atom is 0.224 e. The first-order valence-corrected chi connectivity index (χ1v) is 12.4. The van der Waals surface area contributed by atoms with Crippen LogP contribution in [0.3, 0.4) is 0 Å². The number of hydrogen-bond donors (Lipinski definition) is 3. The van der Waals surface area contributed by atoms with E-state index in [9.17, 15) is 4.79 Å². The van der Waals surface area contributed by atoms with E-state index in [-0.39, 0.29) is 11.8 Å². The minimum absolute atomic E-state index is 0.0174. The van der Waals surface area contributed by atoms with Gasteiger partial charge in [0.05, 0.1) is 34.3 Å². The molecule has 4 aromatic heterocycles. The Kier molecular flexibility index (Phi) is 6.74. The number of rotatable bonds is 8. The number of aromatic amines is 2. The summed E-state index contributed by atoms with van der Waals surface area (Å²) in [6.07, 6.45) is 7.60. The van der Waals surface area contributed by atoms with Gasteiger partial charge in [-0.15, -0.1) is 0 Å². The van der Waals surface area contributed by atoms with Crippen LogP contribution in [0, 0.1) is 5.92 Å². The minimum atomic E-state index is -0.0174. The van der Waals surface area contributed by atoms with Crippen molar-refractivity contribution in [3.63, 3.8) is 0 Å². The number of pyridine rings is 2. The average molecular weight is 507 g/mol. The summed E-state index contributed by atoms with van der Waals surface area (Å²) in [6.45, 7) is 9.52. The van der Waals surface area contributed by atoms with E-state index in [1.165, 1.54) is 0 Å². The molecule has 0 saturated heterocycles. The van der Waals surface area contributed by atoms with Crippen LogP contribution in [0.1, 0.15) is 27.2 Å². The molecule has 0 fully saturated rings. The summed E-state index contributed by atoms with van der Waals surface area (Å²) in [6, 6.07) is 12.1. The third-order valence-corrected chi connectivity index (χ3v) is 6.26. The molecule has 3 N–H and O–H groups in total. The van der Waals surface area contributed by atoms with Crippen molar-refractivity contribution in [2.24, 2.45) is 10.9 Å². The molecule has 0 spiro atoms. The first-order valence-electron chi connectivity index (χ1n) is 12.4. The molecule has 0 aliphatic heterocycles. The summed E-state index contributed by atoms with van der Waals surface area (Å²) in [5.41, 5.74) is 6.91. The zero-order valence-electron chi connectivity index (χ0n) is 21.9. The highest BCUT2D eigenvalue weighted by Gasteiger charge is 2.16. The quantitative estimate of drug-likeness (QED) is 0.218. The fourth-order valence-electron chi connectivity index (χ4n) is 4.48. The number of carbonyl (C=O) groups excluding carboxylic acids is 1. The van der Waals surface area contributed by atoms with Gasteiger partial charge in [-0.25, -0.2) is 4.98 Å². The second-order valence-electron chi connectivity index (χ2n) is 9.76. The van der Waals surface area contributed by atoms with Crippen LogP contribution >= 0.6 is 0 Å². The van der Waals surface area contributed by atoms with E-state index in [4.69, 9.17) is 0 Å². The molecule has 1 aromatic carbocycles. The number of allylic oxidation sites excluding steroid dienone is 1. The highest BCUT2D eigenvalue weighted by Crippen LogP contribution is 2.34. The number of benzene rings is 1. The number of fused-ring (bicyclic) bond motifs is 2. The van der Waals surface area contributed by atoms with E-state index in [0.29, 0.717) is 12.1 Å². The van der Waals surface area contributed by atoms with Gasteiger partial charge in [-0.2, -0.15) is 5.10 Å². The van der Waals surface area contributed by atoms with Crippen molar-refractivity contribution in [3.8, 4) is 22.5 Å². The molecule has 5 rings (SSSR count). The monoisotopic (exact) mass is 506 g/mol. The molecule has 9 heteroatoms. The maximum atomic E-state index is 12.2. The maximum absolute atomic E-state index is 12.2. The van der Waals surface area contributed by atoms with Gasteiger partial charge in [-0.05, 0) is 55.5 Å². The van der Waals surface area contributed by atoms with Crippen LogP contribution < -0.4 is 10.2 Å². The van der Waals surface area contributed by atoms with Crippen molar-refractivity contribution < 1.29 is 4.79 Å². The molecular formula is C29H30N8O. The van der Waals surface area contributed by atoms with Crippen LogP contribution in [-0.2, 0) is 4.79 Å². The number of anilines is 2. The molecule has 0 bridgehead atoms. The molecule has 0 aliphatic rings. The molecule has 38 heavy (non-hydrogen) atoms. The Bertz CT molecular complexity index is 1680. The predicted molar refractivity (Wildman–Crippen MR) is 154 cm³/mol. The number of aromatic nitrogens is 5. The lowest BCUT2D eigenvalue weighted by Crippen LogP contribution is -2.13. The molecular weight excluding hydrogens is 476 g/mol. The molecule has 192 valence electrons. The summed E-state index contributed by atoms with van der Waals surface area (Å²) >= 11 is 0. The minimum Gasteiger partial charge on any atom is -0.353 e. The number of carbonyl (C=O) groups is 1. The van der Waals surface area contributed by atoms with Gasteiger partial charge in [0.2, 0.25) is 5.91 Å². The number of amides is 1. The second kappa shape index (κ2) is 10.3. The van der Waals surface area contributed by atoms with Crippen LogP contribution in [0.25, 0.3) is 44.3 Å². The number of hydrogen-bond acceptors (Lipinski definition) is 6. The zero-order chi connectivity index (χ0) is 26.8.